The fourth-order valence-electron chi connectivity index (χ4n) is 5.02. The van der Waals surface area contributed by atoms with Crippen molar-refractivity contribution in [2.24, 2.45) is 0 Å². The molecule has 38 heavy (non-hydrogen) atoms. The monoisotopic (exact) mass is 529 g/mol. The molecule has 0 spiro atoms. The number of rotatable bonds is 8. The summed E-state index contributed by atoms with van der Waals surface area (Å²) in [6.45, 7) is 1.69. The van der Waals surface area contributed by atoms with Gasteiger partial charge in [0, 0.05) is 23.4 Å². The lowest BCUT2D eigenvalue weighted by atomic mass is 9.89. The number of ketones is 1. The number of benzene rings is 4. The van der Waals surface area contributed by atoms with Crippen molar-refractivity contribution in [3.8, 4) is 22.6 Å². The number of sulfone groups is 1. The predicted molar refractivity (Wildman–Crippen MR) is 150 cm³/mol. The molecule has 2 N–H and O–H groups in total. The highest BCUT2D eigenvalue weighted by Crippen LogP contribution is 2.34. The first kappa shape index (κ1) is 25.9. The summed E-state index contributed by atoms with van der Waals surface area (Å²) in [6.07, 6.45) is 5.79. The van der Waals surface area contributed by atoms with Gasteiger partial charge < -0.3 is 15.2 Å². The molecule has 1 saturated heterocycles. The van der Waals surface area contributed by atoms with Crippen LogP contribution < -0.4 is 10.1 Å². The largest absolute Gasteiger partial charge is 0.508 e. The van der Waals surface area contributed by atoms with Crippen molar-refractivity contribution >= 4 is 26.4 Å². The van der Waals surface area contributed by atoms with Gasteiger partial charge in [0.15, 0.2) is 15.6 Å². The summed E-state index contributed by atoms with van der Waals surface area (Å²) in [5.41, 5.74) is 2.42. The van der Waals surface area contributed by atoms with Gasteiger partial charge in [-0.05, 0) is 102 Å². The van der Waals surface area contributed by atoms with Crippen molar-refractivity contribution in [1.82, 2.24) is 5.32 Å². The molecule has 1 aliphatic rings. The maximum Gasteiger partial charge on any atom is 0.194 e. The van der Waals surface area contributed by atoms with Crippen molar-refractivity contribution in [1.29, 1.82) is 0 Å². The summed E-state index contributed by atoms with van der Waals surface area (Å²) in [5.74, 6) is 0.671. The first-order chi connectivity index (χ1) is 18.3. The summed E-state index contributed by atoms with van der Waals surface area (Å²) in [6, 6.07) is 22.8. The third-order valence-electron chi connectivity index (χ3n) is 7.09. The van der Waals surface area contributed by atoms with Gasteiger partial charge in [0.25, 0.3) is 0 Å². The predicted octanol–water partition coefficient (Wildman–Crippen LogP) is 5.76. The average Bonchev–Trinajstić information content (AvgIpc) is 2.92. The van der Waals surface area contributed by atoms with E-state index in [9.17, 15) is 18.3 Å². The molecule has 196 valence electrons. The van der Waals surface area contributed by atoms with Gasteiger partial charge in [-0.15, -0.1) is 0 Å². The molecule has 6 nitrogen and oxygen atoms in total. The Kier molecular flexibility index (Phi) is 7.49. The van der Waals surface area contributed by atoms with Crippen LogP contribution in [0.3, 0.4) is 0 Å². The lowest BCUT2D eigenvalue weighted by Crippen LogP contribution is -2.35. The zero-order valence-electron chi connectivity index (χ0n) is 21.3. The van der Waals surface area contributed by atoms with E-state index in [4.69, 9.17) is 4.74 Å². The quantitative estimate of drug-likeness (QED) is 0.282. The molecule has 1 aliphatic heterocycles. The number of carbonyl (C=O) groups excluding carboxylic acids is 1. The number of ether oxygens (including phenoxy) is 1. The molecule has 5 rings (SSSR count). The number of nitrogens with one attached hydrogen (secondary N) is 1. The van der Waals surface area contributed by atoms with Gasteiger partial charge in [0.1, 0.15) is 11.5 Å². The standard InChI is InChI=1S/C31H31NO5S/c1-38(35,36)27-13-7-21(8-14-27)28-15-9-23-20-25(33)10-16-29(23)30(28)31(34)22-5-11-26(12-6-22)37-19-17-24-4-2-3-18-32-24/h5-16,20,24,32-33H,2-4,17-19H2,1H3. The van der Waals surface area contributed by atoms with Crippen LogP contribution in [0.4, 0.5) is 0 Å². The molecule has 4 aromatic carbocycles. The van der Waals surface area contributed by atoms with E-state index in [1.54, 1.807) is 54.6 Å². The van der Waals surface area contributed by atoms with Crippen LogP contribution >= 0.6 is 0 Å². The molecule has 7 heteroatoms. The average molecular weight is 530 g/mol. The molecule has 1 atom stereocenters. The third-order valence-corrected chi connectivity index (χ3v) is 8.22. The van der Waals surface area contributed by atoms with Crippen LogP contribution in [-0.4, -0.2) is 44.8 Å². The summed E-state index contributed by atoms with van der Waals surface area (Å²) in [5, 5.41) is 15.0. The molecule has 0 radical (unpaired) electrons. The Morgan fingerprint density at radius 2 is 1.74 bits per heavy atom. The van der Waals surface area contributed by atoms with Gasteiger partial charge in [0.2, 0.25) is 0 Å². The molecule has 0 bridgehead atoms. The van der Waals surface area contributed by atoms with E-state index >= 15 is 0 Å². The first-order valence-corrected chi connectivity index (χ1v) is 14.8. The second kappa shape index (κ2) is 11.0. The van der Waals surface area contributed by atoms with Crippen molar-refractivity contribution in [3.63, 3.8) is 0 Å². The Bertz CT molecular complexity index is 1550. The minimum Gasteiger partial charge on any atom is -0.508 e. The van der Waals surface area contributed by atoms with Gasteiger partial charge in [-0.1, -0.05) is 30.7 Å². The number of phenolic OH excluding ortho intramolecular Hbond substituents is 1. The highest BCUT2D eigenvalue weighted by molar-refractivity contribution is 7.90. The fourth-order valence-corrected chi connectivity index (χ4v) is 5.65. The molecule has 0 amide bonds. The molecule has 1 unspecified atom stereocenters. The zero-order chi connectivity index (χ0) is 26.7. The summed E-state index contributed by atoms with van der Waals surface area (Å²) < 4.78 is 29.8. The molecule has 1 heterocycles. The summed E-state index contributed by atoms with van der Waals surface area (Å²) in [7, 11) is -3.34. The van der Waals surface area contributed by atoms with E-state index < -0.39 is 9.84 Å². The smallest absolute Gasteiger partial charge is 0.194 e. The highest BCUT2D eigenvalue weighted by atomic mass is 32.2. The lowest BCUT2D eigenvalue weighted by Gasteiger charge is -2.23. The van der Waals surface area contributed by atoms with Gasteiger partial charge in [0.05, 0.1) is 11.5 Å². The Balaban J connectivity index is 1.44. The molecule has 0 aromatic heterocycles. The first-order valence-electron chi connectivity index (χ1n) is 12.9. The van der Waals surface area contributed by atoms with Crippen LogP contribution in [0.25, 0.3) is 21.9 Å². The maximum absolute atomic E-state index is 13.9. The SMILES string of the molecule is CS(=O)(=O)c1ccc(-c2ccc3cc(O)ccc3c2C(=O)c2ccc(OCCC3CCCCN3)cc2)cc1. The van der Waals surface area contributed by atoms with E-state index in [2.05, 4.69) is 5.32 Å². The van der Waals surface area contributed by atoms with Crippen LogP contribution in [-0.2, 0) is 9.84 Å². The molecular weight excluding hydrogens is 498 g/mol. The number of hydrogen-bond donors (Lipinski definition) is 2. The van der Waals surface area contributed by atoms with Gasteiger partial charge in [-0.2, -0.15) is 0 Å². The van der Waals surface area contributed by atoms with E-state index in [0.29, 0.717) is 34.7 Å². The van der Waals surface area contributed by atoms with E-state index in [1.807, 2.05) is 24.3 Å². The van der Waals surface area contributed by atoms with Crippen molar-refractivity contribution in [2.75, 3.05) is 19.4 Å². The fraction of sp³-hybridized carbons (Fsp3) is 0.258. The molecular formula is C31H31NO5S. The van der Waals surface area contributed by atoms with Crippen molar-refractivity contribution in [3.05, 3.63) is 90.0 Å². The van der Waals surface area contributed by atoms with E-state index in [-0.39, 0.29) is 16.4 Å². The zero-order valence-corrected chi connectivity index (χ0v) is 22.1. The number of piperidine rings is 1. The topological polar surface area (TPSA) is 92.7 Å². The van der Waals surface area contributed by atoms with Gasteiger partial charge in [-0.25, -0.2) is 8.42 Å². The molecule has 1 fully saturated rings. The van der Waals surface area contributed by atoms with Gasteiger partial charge in [-0.3, -0.25) is 4.79 Å². The number of carbonyl (C=O) groups is 1. The Hall–Kier alpha value is -3.68. The number of phenols is 1. The normalized spacial score (nSPS) is 15.9. The second-order valence-corrected chi connectivity index (χ2v) is 11.8. The van der Waals surface area contributed by atoms with Crippen molar-refractivity contribution in [2.45, 2.75) is 36.6 Å². The van der Waals surface area contributed by atoms with Gasteiger partial charge >= 0.3 is 0 Å². The van der Waals surface area contributed by atoms with Crippen LogP contribution in [0.5, 0.6) is 11.5 Å². The van der Waals surface area contributed by atoms with Crippen LogP contribution in [0.1, 0.15) is 41.6 Å². The van der Waals surface area contributed by atoms with Crippen LogP contribution in [0.2, 0.25) is 0 Å². The van der Waals surface area contributed by atoms with Crippen LogP contribution in [0.15, 0.2) is 83.8 Å². The Morgan fingerprint density at radius 3 is 2.42 bits per heavy atom. The number of hydrogen-bond acceptors (Lipinski definition) is 6. The Labute approximate surface area is 223 Å². The van der Waals surface area contributed by atoms with E-state index in [1.165, 1.54) is 25.5 Å². The minimum absolute atomic E-state index is 0.117. The highest BCUT2D eigenvalue weighted by Gasteiger charge is 2.20. The number of fused-ring (bicyclic) bond motifs is 1. The lowest BCUT2D eigenvalue weighted by molar-refractivity contribution is 0.104. The number of aromatic hydroxyl groups is 1. The molecule has 0 saturated carbocycles. The maximum atomic E-state index is 13.9. The summed E-state index contributed by atoms with van der Waals surface area (Å²) >= 11 is 0. The van der Waals surface area contributed by atoms with Crippen molar-refractivity contribution < 1.29 is 23.1 Å². The Morgan fingerprint density at radius 1 is 0.974 bits per heavy atom. The third kappa shape index (κ3) is 5.74. The summed E-state index contributed by atoms with van der Waals surface area (Å²) in [4.78, 5) is 14.1. The van der Waals surface area contributed by atoms with Crippen LogP contribution in [0, 0.1) is 0 Å². The van der Waals surface area contributed by atoms with E-state index in [0.717, 1.165) is 29.7 Å². The minimum atomic E-state index is -3.34. The molecule has 0 aliphatic carbocycles. The second-order valence-electron chi connectivity index (χ2n) is 9.83. The molecule has 4 aromatic rings.